The van der Waals surface area contributed by atoms with Crippen LogP contribution >= 0.6 is 12.4 Å². The van der Waals surface area contributed by atoms with Crippen molar-refractivity contribution < 1.29 is 4.74 Å². The molecule has 1 aliphatic rings. The third-order valence-electron chi connectivity index (χ3n) is 6.41. The summed E-state index contributed by atoms with van der Waals surface area (Å²) in [7, 11) is 1.73. The highest BCUT2D eigenvalue weighted by Crippen LogP contribution is 2.25. The fraction of sp³-hybridized carbons (Fsp3) is 0.407. The van der Waals surface area contributed by atoms with Crippen molar-refractivity contribution in [3.05, 3.63) is 84.2 Å². The van der Waals surface area contributed by atoms with Gasteiger partial charge in [0.1, 0.15) is 5.75 Å². The number of ether oxygens (including phenoxy) is 1. The summed E-state index contributed by atoms with van der Waals surface area (Å²) in [6, 6.07) is 21.1. The number of hydrogen-bond donors (Lipinski definition) is 2. The molecule has 182 valence electrons. The van der Waals surface area contributed by atoms with Gasteiger partial charge in [0, 0.05) is 49.6 Å². The van der Waals surface area contributed by atoms with E-state index in [1.807, 2.05) is 18.2 Å². The summed E-state index contributed by atoms with van der Waals surface area (Å²) >= 11 is 0. The smallest absolute Gasteiger partial charge is 0.222 e. The summed E-state index contributed by atoms with van der Waals surface area (Å²) in [6.45, 7) is 4.85. The maximum Gasteiger partial charge on any atom is 0.222 e. The highest BCUT2D eigenvalue weighted by Gasteiger charge is 2.26. The number of rotatable bonds is 11. The van der Waals surface area contributed by atoms with Crippen molar-refractivity contribution >= 4 is 18.4 Å². The van der Waals surface area contributed by atoms with Gasteiger partial charge in [-0.25, -0.2) is 9.97 Å². The van der Waals surface area contributed by atoms with Gasteiger partial charge >= 0.3 is 0 Å². The van der Waals surface area contributed by atoms with E-state index < -0.39 is 0 Å². The minimum atomic E-state index is 0. The second-order valence-electron chi connectivity index (χ2n) is 8.63. The Balaban J connectivity index is 0.00000324. The molecule has 0 bridgehead atoms. The first-order valence-electron chi connectivity index (χ1n) is 12.0. The Bertz CT molecular complexity index is 954. The number of piperidine rings is 1. The normalized spacial score (nSPS) is 15.7. The molecular weight excluding hydrogens is 446 g/mol. The number of halogens is 1. The van der Waals surface area contributed by atoms with Crippen LogP contribution in [0.25, 0.3) is 0 Å². The predicted octanol–water partition coefficient (Wildman–Crippen LogP) is 4.75. The van der Waals surface area contributed by atoms with Crippen LogP contribution in [0.1, 0.15) is 36.3 Å². The standard InChI is InChI=1S/C27H35N5O.ClH/c1-33-26-14-7-6-13-23(26)19-30-25(20-31-27-28-15-10-16-29-27)24(22-11-4-2-5-12-22)21-32-17-8-3-9-18-32;/h2,4-7,10-16,24-25,30H,3,8-9,17-21H2,1H3,(H,28,29,31);1H. The van der Waals surface area contributed by atoms with Gasteiger partial charge in [-0.2, -0.15) is 0 Å². The second-order valence-corrected chi connectivity index (χ2v) is 8.63. The van der Waals surface area contributed by atoms with Crippen molar-refractivity contribution in [1.29, 1.82) is 0 Å². The van der Waals surface area contributed by atoms with Crippen LogP contribution in [0.15, 0.2) is 73.1 Å². The van der Waals surface area contributed by atoms with Crippen molar-refractivity contribution in [3.63, 3.8) is 0 Å². The molecule has 1 aromatic heterocycles. The largest absolute Gasteiger partial charge is 0.496 e. The molecule has 2 N–H and O–H groups in total. The lowest BCUT2D eigenvalue weighted by atomic mass is 9.89. The highest BCUT2D eigenvalue weighted by atomic mass is 35.5. The molecule has 1 saturated heterocycles. The van der Waals surface area contributed by atoms with E-state index in [2.05, 4.69) is 68.0 Å². The fourth-order valence-corrected chi connectivity index (χ4v) is 4.62. The number of hydrogen-bond acceptors (Lipinski definition) is 6. The summed E-state index contributed by atoms with van der Waals surface area (Å²) in [6.07, 6.45) is 7.47. The number of methoxy groups -OCH3 is 1. The molecule has 6 nitrogen and oxygen atoms in total. The van der Waals surface area contributed by atoms with Crippen LogP contribution in [0.3, 0.4) is 0 Å². The van der Waals surface area contributed by atoms with Crippen molar-refractivity contribution in [2.75, 3.05) is 38.6 Å². The van der Waals surface area contributed by atoms with Crippen LogP contribution in [0.4, 0.5) is 5.95 Å². The SMILES string of the molecule is COc1ccccc1CNC(CNc1ncccn1)C(CN1CCCCC1)c1ccccc1.Cl. The average Bonchev–Trinajstić information content (AvgIpc) is 2.89. The van der Waals surface area contributed by atoms with E-state index in [1.165, 1.54) is 37.9 Å². The monoisotopic (exact) mass is 481 g/mol. The van der Waals surface area contributed by atoms with Gasteiger partial charge < -0.3 is 20.3 Å². The third kappa shape index (κ3) is 7.42. The zero-order valence-electron chi connectivity index (χ0n) is 19.9. The molecule has 0 aliphatic carbocycles. The molecule has 2 unspecified atom stereocenters. The first-order valence-corrected chi connectivity index (χ1v) is 12.0. The second kappa shape index (κ2) is 13.9. The molecule has 3 aromatic rings. The van der Waals surface area contributed by atoms with E-state index in [-0.39, 0.29) is 18.4 Å². The Kier molecular flexibility index (Phi) is 10.6. The van der Waals surface area contributed by atoms with Crippen LogP contribution in [-0.4, -0.2) is 54.2 Å². The summed E-state index contributed by atoms with van der Waals surface area (Å²) < 4.78 is 5.59. The topological polar surface area (TPSA) is 62.3 Å². The van der Waals surface area contributed by atoms with Gasteiger partial charge in [-0.15, -0.1) is 12.4 Å². The van der Waals surface area contributed by atoms with E-state index in [1.54, 1.807) is 19.5 Å². The molecule has 2 atom stereocenters. The Labute approximate surface area is 209 Å². The zero-order chi connectivity index (χ0) is 22.7. The van der Waals surface area contributed by atoms with Crippen molar-refractivity contribution in [2.45, 2.75) is 37.8 Å². The average molecular weight is 482 g/mol. The first kappa shape index (κ1) is 25.9. The van der Waals surface area contributed by atoms with Gasteiger partial charge in [0.2, 0.25) is 5.95 Å². The molecule has 2 heterocycles. The Hall–Kier alpha value is -2.67. The van der Waals surface area contributed by atoms with E-state index in [0.717, 1.165) is 30.9 Å². The summed E-state index contributed by atoms with van der Waals surface area (Å²) in [5.41, 5.74) is 2.52. The quantitative estimate of drug-likeness (QED) is 0.412. The van der Waals surface area contributed by atoms with Crippen LogP contribution in [0.5, 0.6) is 5.75 Å². The number of likely N-dealkylation sites (tertiary alicyclic amines) is 1. The van der Waals surface area contributed by atoms with Gasteiger partial charge in [0.15, 0.2) is 0 Å². The molecule has 4 rings (SSSR count). The van der Waals surface area contributed by atoms with Crippen LogP contribution in [-0.2, 0) is 6.54 Å². The molecule has 1 fully saturated rings. The molecule has 0 radical (unpaired) electrons. The summed E-state index contributed by atoms with van der Waals surface area (Å²) in [5, 5.41) is 7.31. The molecule has 34 heavy (non-hydrogen) atoms. The zero-order valence-corrected chi connectivity index (χ0v) is 20.7. The van der Waals surface area contributed by atoms with Gasteiger partial charge in [-0.05, 0) is 43.6 Å². The summed E-state index contributed by atoms with van der Waals surface area (Å²) in [5.74, 6) is 1.90. The molecular formula is C27H36ClN5O. The van der Waals surface area contributed by atoms with Gasteiger partial charge in [-0.1, -0.05) is 55.0 Å². The maximum absolute atomic E-state index is 5.59. The first-order chi connectivity index (χ1) is 16.3. The number of benzene rings is 2. The van der Waals surface area contributed by atoms with E-state index in [9.17, 15) is 0 Å². The Morgan fingerprint density at radius 2 is 1.62 bits per heavy atom. The van der Waals surface area contributed by atoms with Crippen molar-refractivity contribution in [1.82, 2.24) is 20.2 Å². The van der Waals surface area contributed by atoms with E-state index >= 15 is 0 Å². The number of anilines is 1. The minimum Gasteiger partial charge on any atom is -0.496 e. The Morgan fingerprint density at radius 1 is 0.912 bits per heavy atom. The van der Waals surface area contributed by atoms with Crippen LogP contribution in [0.2, 0.25) is 0 Å². The van der Waals surface area contributed by atoms with Gasteiger partial charge in [0.25, 0.3) is 0 Å². The molecule has 7 heteroatoms. The van der Waals surface area contributed by atoms with E-state index in [0.29, 0.717) is 11.9 Å². The fourth-order valence-electron chi connectivity index (χ4n) is 4.62. The lowest BCUT2D eigenvalue weighted by Gasteiger charge is -2.35. The third-order valence-corrected chi connectivity index (χ3v) is 6.41. The molecule has 1 aliphatic heterocycles. The lowest BCUT2D eigenvalue weighted by molar-refractivity contribution is 0.202. The number of nitrogens with zero attached hydrogens (tertiary/aromatic N) is 3. The molecule has 0 amide bonds. The Morgan fingerprint density at radius 3 is 2.35 bits per heavy atom. The highest BCUT2D eigenvalue weighted by molar-refractivity contribution is 5.85. The number of para-hydroxylation sites is 1. The van der Waals surface area contributed by atoms with E-state index in [4.69, 9.17) is 4.74 Å². The van der Waals surface area contributed by atoms with Gasteiger partial charge in [0.05, 0.1) is 7.11 Å². The minimum absolute atomic E-state index is 0. The number of aromatic nitrogens is 2. The molecule has 2 aromatic carbocycles. The van der Waals surface area contributed by atoms with Crippen molar-refractivity contribution in [2.24, 2.45) is 0 Å². The summed E-state index contributed by atoms with van der Waals surface area (Å²) in [4.78, 5) is 11.4. The van der Waals surface area contributed by atoms with Gasteiger partial charge in [-0.3, -0.25) is 0 Å². The maximum atomic E-state index is 5.59. The lowest BCUT2D eigenvalue weighted by Crippen LogP contribution is -2.45. The van der Waals surface area contributed by atoms with Crippen molar-refractivity contribution in [3.8, 4) is 5.75 Å². The van der Waals surface area contributed by atoms with Crippen LogP contribution < -0.4 is 15.4 Å². The van der Waals surface area contributed by atoms with Crippen LogP contribution in [0, 0.1) is 0 Å². The molecule has 0 spiro atoms. The predicted molar refractivity (Wildman–Crippen MR) is 141 cm³/mol. The molecule has 0 saturated carbocycles. The number of nitrogens with one attached hydrogen (secondary N) is 2.